The van der Waals surface area contributed by atoms with Gasteiger partial charge in [-0.2, -0.15) is 0 Å². The standard InChI is InChI=1S/C24H29N3O3S/c1-3-30-22-10-6-20(7-11-22)25-24-27(13-12-26-14-16-29-17-15-26)23(18-31-24)19-4-8-21(28-2)9-5-19/h4-11,18H,3,12-17H2,1-2H3. The maximum absolute atomic E-state index is 5.55. The zero-order chi connectivity index (χ0) is 21.5. The molecule has 31 heavy (non-hydrogen) atoms. The fourth-order valence-electron chi connectivity index (χ4n) is 3.59. The highest BCUT2D eigenvalue weighted by Crippen LogP contribution is 2.24. The Bertz CT molecular complexity index is 1020. The molecule has 0 bridgehead atoms. The second-order valence-corrected chi connectivity index (χ2v) is 8.11. The number of morpholine rings is 1. The van der Waals surface area contributed by atoms with Gasteiger partial charge in [-0.25, -0.2) is 4.99 Å². The molecule has 164 valence electrons. The molecule has 1 aliphatic rings. The second kappa shape index (κ2) is 10.6. The van der Waals surface area contributed by atoms with E-state index in [1.54, 1.807) is 18.4 Å². The van der Waals surface area contributed by atoms with E-state index in [0.717, 1.165) is 66.9 Å². The van der Waals surface area contributed by atoms with Gasteiger partial charge in [0, 0.05) is 31.6 Å². The fraction of sp³-hybridized carbons (Fsp3) is 0.375. The van der Waals surface area contributed by atoms with Gasteiger partial charge in [0.25, 0.3) is 0 Å². The van der Waals surface area contributed by atoms with Crippen molar-refractivity contribution in [3.8, 4) is 22.8 Å². The number of ether oxygens (including phenoxy) is 3. The molecule has 0 radical (unpaired) electrons. The van der Waals surface area contributed by atoms with Gasteiger partial charge >= 0.3 is 0 Å². The van der Waals surface area contributed by atoms with Crippen molar-refractivity contribution in [2.45, 2.75) is 13.5 Å². The van der Waals surface area contributed by atoms with E-state index in [1.807, 2.05) is 43.3 Å². The van der Waals surface area contributed by atoms with Crippen LogP contribution in [0.5, 0.6) is 11.5 Å². The predicted octanol–water partition coefficient (Wildman–Crippen LogP) is 4.19. The number of hydrogen-bond donors (Lipinski definition) is 0. The molecule has 0 amide bonds. The van der Waals surface area contributed by atoms with Gasteiger partial charge in [0.1, 0.15) is 11.5 Å². The van der Waals surface area contributed by atoms with Crippen LogP contribution >= 0.6 is 11.3 Å². The van der Waals surface area contributed by atoms with Crippen molar-refractivity contribution in [3.05, 3.63) is 58.7 Å². The molecule has 7 heteroatoms. The second-order valence-electron chi connectivity index (χ2n) is 7.28. The summed E-state index contributed by atoms with van der Waals surface area (Å²) in [6.45, 7) is 8.07. The zero-order valence-electron chi connectivity index (χ0n) is 18.1. The lowest BCUT2D eigenvalue weighted by Gasteiger charge is -2.26. The summed E-state index contributed by atoms with van der Waals surface area (Å²) < 4.78 is 18.7. The molecule has 0 atom stereocenters. The highest BCUT2D eigenvalue weighted by Gasteiger charge is 2.13. The molecule has 1 fully saturated rings. The molecule has 0 unspecified atom stereocenters. The number of thiazole rings is 1. The van der Waals surface area contributed by atoms with E-state index in [9.17, 15) is 0 Å². The monoisotopic (exact) mass is 439 g/mol. The molecule has 1 aliphatic heterocycles. The van der Waals surface area contributed by atoms with Crippen LogP contribution in [0.25, 0.3) is 11.3 Å². The third-order valence-electron chi connectivity index (χ3n) is 5.30. The summed E-state index contributed by atoms with van der Waals surface area (Å²) in [6.07, 6.45) is 0. The van der Waals surface area contributed by atoms with E-state index < -0.39 is 0 Å². The smallest absolute Gasteiger partial charge is 0.190 e. The van der Waals surface area contributed by atoms with Crippen molar-refractivity contribution in [1.82, 2.24) is 9.47 Å². The molecular weight excluding hydrogens is 410 g/mol. The van der Waals surface area contributed by atoms with Crippen molar-refractivity contribution in [2.75, 3.05) is 46.6 Å². The third kappa shape index (κ3) is 5.55. The Kier molecular flexibility index (Phi) is 7.40. The minimum Gasteiger partial charge on any atom is -0.497 e. The van der Waals surface area contributed by atoms with Crippen LogP contribution in [0.2, 0.25) is 0 Å². The van der Waals surface area contributed by atoms with Gasteiger partial charge in [-0.05, 0) is 61.0 Å². The maximum atomic E-state index is 5.55. The van der Waals surface area contributed by atoms with E-state index >= 15 is 0 Å². The average molecular weight is 440 g/mol. The van der Waals surface area contributed by atoms with Gasteiger partial charge in [0.05, 0.1) is 38.3 Å². The summed E-state index contributed by atoms with van der Waals surface area (Å²) >= 11 is 1.67. The van der Waals surface area contributed by atoms with Crippen molar-refractivity contribution < 1.29 is 14.2 Å². The summed E-state index contributed by atoms with van der Waals surface area (Å²) in [5, 5.41) is 2.19. The molecule has 0 N–H and O–H groups in total. The minimum atomic E-state index is 0.661. The van der Waals surface area contributed by atoms with E-state index in [1.165, 1.54) is 5.69 Å². The third-order valence-corrected chi connectivity index (χ3v) is 6.16. The first kappa shape index (κ1) is 21.6. The Morgan fingerprint density at radius 3 is 2.35 bits per heavy atom. The SMILES string of the molecule is CCOc1ccc(N=c2scc(-c3ccc(OC)cc3)n2CCN2CCOCC2)cc1. The summed E-state index contributed by atoms with van der Waals surface area (Å²) in [6, 6.07) is 16.2. The number of methoxy groups -OCH3 is 1. The first-order valence-electron chi connectivity index (χ1n) is 10.7. The molecule has 1 saturated heterocycles. The van der Waals surface area contributed by atoms with Gasteiger partial charge in [0.2, 0.25) is 0 Å². The van der Waals surface area contributed by atoms with Crippen LogP contribution in [0, 0.1) is 0 Å². The Labute approximate surface area is 187 Å². The first-order valence-corrected chi connectivity index (χ1v) is 11.5. The molecule has 0 spiro atoms. The Hall–Kier alpha value is -2.61. The molecular formula is C24H29N3O3S. The first-order chi connectivity index (χ1) is 15.3. The molecule has 0 aliphatic carbocycles. The zero-order valence-corrected chi connectivity index (χ0v) is 18.9. The number of hydrogen-bond acceptors (Lipinski definition) is 6. The van der Waals surface area contributed by atoms with Gasteiger partial charge < -0.3 is 18.8 Å². The molecule has 2 heterocycles. The molecule has 1 aromatic heterocycles. The van der Waals surface area contributed by atoms with Crippen molar-refractivity contribution in [2.24, 2.45) is 4.99 Å². The van der Waals surface area contributed by atoms with Crippen LogP contribution in [0.3, 0.4) is 0 Å². The van der Waals surface area contributed by atoms with E-state index in [2.05, 4.69) is 27.0 Å². The molecule has 3 aromatic rings. The lowest BCUT2D eigenvalue weighted by Crippen LogP contribution is -2.39. The fourth-order valence-corrected chi connectivity index (χ4v) is 4.54. The molecule has 2 aromatic carbocycles. The average Bonchev–Trinajstić information content (AvgIpc) is 3.22. The van der Waals surface area contributed by atoms with Crippen molar-refractivity contribution in [1.29, 1.82) is 0 Å². The lowest BCUT2D eigenvalue weighted by atomic mass is 10.1. The van der Waals surface area contributed by atoms with E-state index in [4.69, 9.17) is 19.2 Å². The predicted molar refractivity (Wildman–Crippen MR) is 124 cm³/mol. The topological polar surface area (TPSA) is 48.2 Å². The summed E-state index contributed by atoms with van der Waals surface area (Å²) in [7, 11) is 1.69. The highest BCUT2D eigenvalue weighted by molar-refractivity contribution is 7.07. The van der Waals surface area contributed by atoms with E-state index in [-0.39, 0.29) is 0 Å². The number of nitrogens with zero attached hydrogens (tertiary/aromatic N) is 3. The lowest BCUT2D eigenvalue weighted by molar-refractivity contribution is 0.0363. The number of rotatable bonds is 8. The van der Waals surface area contributed by atoms with Gasteiger partial charge in [-0.15, -0.1) is 11.3 Å². The van der Waals surface area contributed by atoms with E-state index in [0.29, 0.717) is 6.61 Å². The maximum Gasteiger partial charge on any atom is 0.190 e. The van der Waals surface area contributed by atoms with Crippen LogP contribution < -0.4 is 14.3 Å². The highest BCUT2D eigenvalue weighted by atomic mass is 32.1. The van der Waals surface area contributed by atoms with Crippen molar-refractivity contribution >= 4 is 17.0 Å². The number of aromatic nitrogens is 1. The largest absolute Gasteiger partial charge is 0.497 e. The molecule has 0 saturated carbocycles. The summed E-state index contributed by atoms with van der Waals surface area (Å²) in [5.41, 5.74) is 3.25. The van der Waals surface area contributed by atoms with Gasteiger partial charge in [-0.1, -0.05) is 0 Å². The number of benzene rings is 2. The van der Waals surface area contributed by atoms with Crippen LogP contribution in [0.1, 0.15) is 6.92 Å². The van der Waals surface area contributed by atoms with Crippen LogP contribution in [0.15, 0.2) is 58.9 Å². The van der Waals surface area contributed by atoms with Crippen molar-refractivity contribution in [3.63, 3.8) is 0 Å². The van der Waals surface area contributed by atoms with Gasteiger partial charge in [-0.3, -0.25) is 4.90 Å². The Morgan fingerprint density at radius 1 is 0.968 bits per heavy atom. The minimum absolute atomic E-state index is 0.661. The normalized spacial score (nSPS) is 15.2. The Balaban J connectivity index is 1.65. The summed E-state index contributed by atoms with van der Waals surface area (Å²) in [5.74, 6) is 1.73. The summed E-state index contributed by atoms with van der Waals surface area (Å²) in [4.78, 5) is 8.38. The molecule has 6 nitrogen and oxygen atoms in total. The van der Waals surface area contributed by atoms with Crippen LogP contribution in [-0.4, -0.2) is 56.0 Å². The Morgan fingerprint density at radius 2 is 1.68 bits per heavy atom. The van der Waals surface area contributed by atoms with Gasteiger partial charge in [0.15, 0.2) is 4.80 Å². The van der Waals surface area contributed by atoms with Crippen LogP contribution in [0.4, 0.5) is 5.69 Å². The quantitative estimate of drug-likeness (QED) is 0.528. The van der Waals surface area contributed by atoms with Crippen LogP contribution in [-0.2, 0) is 11.3 Å². The molecule has 4 rings (SSSR count).